The summed E-state index contributed by atoms with van der Waals surface area (Å²) in [6.45, 7) is 2.10. The number of unbranched alkanes of at least 4 members (excludes halogenated alkanes) is 2. The van der Waals surface area contributed by atoms with Crippen LogP contribution in [0.2, 0.25) is 0 Å². The number of rotatable bonds is 4. The number of carbonyl (C=O) groups is 1. The van der Waals surface area contributed by atoms with Crippen molar-refractivity contribution in [2.75, 3.05) is 7.11 Å². The second kappa shape index (κ2) is 6.68. The molecule has 0 saturated carbocycles. The van der Waals surface area contributed by atoms with E-state index in [0.29, 0.717) is 11.3 Å². The summed E-state index contributed by atoms with van der Waals surface area (Å²) in [6.07, 6.45) is 2.92. The Hall–Kier alpha value is -1.75. The van der Waals surface area contributed by atoms with Crippen LogP contribution in [0, 0.1) is 11.8 Å². The molecule has 1 rings (SSSR count). The first-order valence-electron chi connectivity index (χ1n) is 5.45. The molecule has 0 aliphatic rings. The van der Waals surface area contributed by atoms with Gasteiger partial charge < -0.3 is 4.74 Å². The first-order valence-corrected chi connectivity index (χ1v) is 5.45. The lowest BCUT2D eigenvalue weighted by Gasteiger charge is -1.99. The van der Waals surface area contributed by atoms with Gasteiger partial charge >= 0.3 is 0 Å². The van der Waals surface area contributed by atoms with Crippen molar-refractivity contribution in [1.29, 1.82) is 0 Å². The zero-order valence-corrected chi connectivity index (χ0v) is 9.75. The predicted molar refractivity (Wildman–Crippen MR) is 64.6 cm³/mol. The molecule has 0 aromatic heterocycles. The molecule has 0 aliphatic carbocycles. The fraction of sp³-hybridized carbons (Fsp3) is 0.357. The molecular weight excluding hydrogens is 200 g/mol. The van der Waals surface area contributed by atoms with E-state index in [0.717, 1.165) is 19.3 Å². The normalized spacial score (nSPS) is 9.12. The van der Waals surface area contributed by atoms with Gasteiger partial charge in [0, 0.05) is 12.0 Å². The second-order valence-electron chi connectivity index (χ2n) is 3.47. The molecule has 0 atom stereocenters. The van der Waals surface area contributed by atoms with Crippen LogP contribution in [0.3, 0.4) is 0 Å². The minimum Gasteiger partial charge on any atom is -0.497 e. The van der Waals surface area contributed by atoms with Crippen molar-refractivity contribution in [3.8, 4) is 17.6 Å². The first kappa shape index (κ1) is 12.3. The van der Waals surface area contributed by atoms with Crippen LogP contribution in [0.15, 0.2) is 24.3 Å². The number of Topliss-reactive ketones (excluding diaryl/α,β-unsaturated/α-hetero) is 1. The van der Waals surface area contributed by atoms with Crippen LogP contribution in [0.25, 0.3) is 0 Å². The highest BCUT2D eigenvalue weighted by Crippen LogP contribution is 2.12. The largest absolute Gasteiger partial charge is 0.497 e. The molecule has 2 nitrogen and oxygen atoms in total. The Bertz CT molecular complexity index is 410. The van der Waals surface area contributed by atoms with Gasteiger partial charge in [-0.15, -0.1) is 0 Å². The molecule has 0 N–H and O–H groups in total. The Morgan fingerprint density at radius 2 is 2.25 bits per heavy atom. The third kappa shape index (κ3) is 3.78. The molecule has 84 valence electrons. The van der Waals surface area contributed by atoms with Crippen molar-refractivity contribution in [2.24, 2.45) is 0 Å². The molecule has 0 saturated heterocycles. The molecule has 0 heterocycles. The molecule has 16 heavy (non-hydrogen) atoms. The summed E-state index contributed by atoms with van der Waals surface area (Å²) >= 11 is 0. The summed E-state index contributed by atoms with van der Waals surface area (Å²) in [5.41, 5.74) is 0.586. The van der Waals surface area contributed by atoms with Gasteiger partial charge in [0.2, 0.25) is 5.78 Å². The van der Waals surface area contributed by atoms with E-state index in [1.54, 1.807) is 31.4 Å². The van der Waals surface area contributed by atoms with Crippen molar-refractivity contribution >= 4 is 5.78 Å². The lowest BCUT2D eigenvalue weighted by molar-refractivity contribution is 0.105. The van der Waals surface area contributed by atoms with E-state index in [-0.39, 0.29) is 5.78 Å². The Morgan fingerprint density at radius 1 is 1.44 bits per heavy atom. The minimum absolute atomic E-state index is 0.144. The van der Waals surface area contributed by atoms with E-state index in [9.17, 15) is 4.79 Å². The highest BCUT2D eigenvalue weighted by molar-refractivity contribution is 6.09. The summed E-state index contributed by atoms with van der Waals surface area (Å²) in [7, 11) is 1.58. The maximum absolute atomic E-state index is 11.6. The van der Waals surface area contributed by atoms with Gasteiger partial charge in [0.25, 0.3) is 0 Å². The van der Waals surface area contributed by atoms with Crippen molar-refractivity contribution in [1.82, 2.24) is 0 Å². The van der Waals surface area contributed by atoms with Gasteiger partial charge in [0.05, 0.1) is 7.11 Å². The van der Waals surface area contributed by atoms with Gasteiger partial charge in [-0.05, 0) is 24.5 Å². The van der Waals surface area contributed by atoms with Crippen LogP contribution in [0.1, 0.15) is 36.5 Å². The molecular formula is C14H16O2. The first-order chi connectivity index (χ1) is 7.77. The molecule has 2 heteroatoms. The number of hydrogen-bond donors (Lipinski definition) is 0. The zero-order valence-electron chi connectivity index (χ0n) is 9.75. The topological polar surface area (TPSA) is 26.3 Å². The van der Waals surface area contributed by atoms with Gasteiger partial charge in [-0.1, -0.05) is 31.4 Å². The summed E-state index contributed by atoms with van der Waals surface area (Å²) < 4.78 is 5.05. The highest BCUT2D eigenvalue weighted by atomic mass is 16.5. The van der Waals surface area contributed by atoms with Crippen molar-refractivity contribution in [2.45, 2.75) is 26.2 Å². The molecule has 0 radical (unpaired) electrons. The van der Waals surface area contributed by atoms with E-state index >= 15 is 0 Å². The van der Waals surface area contributed by atoms with Crippen LogP contribution < -0.4 is 4.74 Å². The summed E-state index contributed by atoms with van der Waals surface area (Å²) in [5, 5.41) is 0. The van der Waals surface area contributed by atoms with E-state index in [1.807, 2.05) is 0 Å². The number of methoxy groups -OCH3 is 1. The average molecular weight is 216 g/mol. The fourth-order valence-corrected chi connectivity index (χ4v) is 1.24. The Kier molecular flexibility index (Phi) is 5.15. The van der Waals surface area contributed by atoms with Crippen LogP contribution in [0.5, 0.6) is 5.75 Å². The van der Waals surface area contributed by atoms with Gasteiger partial charge in [-0.2, -0.15) is 0 Å². The number of hydrogen-bond acceptors (Lipinski definition) is 2. The Balaban J connectivity index is 2.67. The van der Waals surface area contributed by atoms with E-state index in [4.69, 9.17) is 4.74 Å². The number of carbonyl (C=O) groups excluding carboxylic acids is 1. The second-order valence-corrected chi connectivity index (χ2v) is 3.47. The maximum atomic E-state index is 11.6. The molecule has 0 aliphatic heterocycles. The van der Waals surface area contributed by atoms with E-state index in [1.165, 1.54) is 0 Å². The lowest BCUT2D eigenvalue weighted by atomic mass is 10.1. The third-order valence-electron chi connectivity index (χ3n) is 2.19. The van der Waals surface area contributed by atoms with E-state index in [2.05, 4.69) is 18.8 Å². The lowest BCUT2D eigenvalue weighted by Crippen LogP contribution is -1.95. The maximum Gasteiger partial charge on any atom is 0.236 e. The minimum atomic E-state index is -0.144. The van der Waals surface area contributed by atoms with Crippen LogP contribution in [0.4, 0.5) is 0 Å². The molecule has 0 amide bonds. The predicted octanol–water partition coefficient (Wildman–Crippen LogP) is 3.07. The van der Waals surface area contributed by atoms with Gasteiger partial charge in [0.1, 0.15) is 5.75 Å². The average Bonchev–Trinajstić information content (AvgIpc) is 2.34. The third-order valence-corrected chi connectivity index (χ3v) is 2.19. The van der Waals surface area contributed by atoms with Gasteiger partial charge in [-0.3, -0.25) is 4.79 Å². The van der Waals surface area contributed by atoms with Crippen molar-refractivity contribution in [3.05, 3.63) is 29.8 Å². The van der Waals surface area contributed by atoms with Crippen molar-refractivity contribution < 1.29 is 9.53 Å². The van der Waals surface area contributed by atoms with Gasteiger partial charge in [0.15, 0.2) is 0 Å². The van der Waals surface area contributed by atoms with Crippen LogP contribution in [-0.2, 0) is 0 Å². The number of ketones is 1. The monoisotopic (exact) mass is 216 g/mol. The molecule has 0 spiro atoms. The molecule has 0 unspecified atom stereocenters. The summed E-state index contributed by atoms with van der Waals surface area (Å²) in [4.78, 5) is 11.6. The SMILES string of the molecule is CCCCC#CC(=O)c1cccc(OC)c1. The molecule has 0 fully saturated rings. The number of ether oxygens (including phenoxy) is 1. The highest BCUT2D eigenvalue weighted by Gasteiger charge is 2.02. The number of benzene rings is 1. The Labute approximate surface area is 96.6 Å². The van der Waals surface area contributed by atoms with Crippen molar-refractivity contribution in [3.63, 3.8) is 0 Å². The molecule has 1 aromatic carbocycles. The fourth-order valence-electron chi connectivity index (χ4n) is 1.24. The summed E-state index contributed by atoms with van der Waals surface area (Å²) in [5.74, 6) is 6.06. The van der Waals surface area contributed by atoms with Crippen LogP contribution >= 0.6 is 0 Å². The summed E-state index contributed by atoms with van der Waals surface area (Å²) in [6, 6.07) is 7.05. The standard InChI is InChI=1S/C14H16O2/c1-3-4-5-6-10-14(15)12-8-7-9-13(11-12)16-2/h7-9,11H,3-5H2,1-2H3. The smallest absolute Gasteiger partial charge is 0.236 e. The Morgan fingerprint density at radius 3 is 2.94 bits per heavy atom. The molecule has 0 bridgehead atoms. The zero-order chi connectivity index (χ0) is 11.8. The van der Waals surface area contributed by atoms with Crippen LogP contribution in [-0.4, -0.2) is 12.9 Å². The molecule has 1 aromatic rings. The van der Waals surface area contributed by atoms with E-state index < -0.39 is 0 Å². The quantitative estimate of drug-likeness (QED) is 0.334. The van der Waals surface area contributed by atoms with Gasteiger partial charge in [-0.25, -0.2) is 0 Å².